The van der Waals surface area contributed by atoms with Gasteiger partial charge >= 0.3 is 0 Å². The fourth-order valence-corrected chi connectivity index (χ4v) is 1.64. The summed E-state index contributed by atoms with van der Waals surface area (Å²) in [4.78, 5) is 0. The summed E-state index contributed by atoms with van der Waals surface area (Å²) < 4.78 is 11.1. The van der Waals surface area contributed by atoms with Crippen molar-refractivity contribution in [1.29, 1.82) is 0 Å². The lowest BCUT2D eigenvalue weighted by Gasteiger charge is -2.12. The number of rotatable bonds is 10. The fraction of sp³-hybridized carbons (Fsp3) is 0.467. The van der Waals surface area contributed by atoms with Crippen LogP contribution in [0.4, 0.5) is 0 Å². The quantitative estimate of drug-likeness (QED) is 0.502. The maximum absolute atomic E-state index is 8.71. The molecule has 106 valence electrons. The van der Waals surface area contributed by atoms with Gasteiger partial charge in [0.15, 0.2) is 11.5 Å². The van der Waals surface area contributed by atoms with Crippen molar-refractivity contribution >= 4 is 0 Å². The predicted molar refractivity (Wildman–Crippen MR) is 76.7 cm³/mol. The van der Waals surface area contributed by atoms with Gasteiger partial charge in [0.1, 0.15) is 6.61 Å². The van der Waals surface area contributed by atoms with Gasteiger partial charge in [0.2, 0.25) is 0 Å². The molecule has 1 rings (SSSR count). The van der Waals surface area contributed by atoms with E-state index in [1.54, 1.807) is 6.08 Å². The fourth-order valence-electron chi connectivity index (χ4n) is 1.64. The molecule has 0 saturated carbocycles. The van der Waals surface area contributed by atoms with Crippen LogP contribution in [0.15, 0.2) is 30.9 Å². The van der Waals surface area contributed by atoms with Crippen LogP contribution < -0.4 is 14.8 Å². The third kappa shape index (κ3) is 5.77. The lowest BCUT2D eigenvalue weighted by Crippen LogP contribution is -2.15. The minimum atomic E-state index is 0.214. The van der Waals surface area contributed by atoms with Crippen LogP contribution in [0.1, 0.15) is 18.9 Å². The molecule has 0 amide bonds. The molecule has 0 atom stereocenters. The van der Waals surface area contributed by atoms with Gasteiger partial charge in [0.25, 0.3) is 0 Å². The molecule has 0 aliphatic heterocycles. The lowest BCUT2D eigenvalue weighted by molar-refractivity contribution is 0.285. The lowest BCUT2D eigenvalue weighted by atomic mass is 10.2. The van der Waals surface area contributed by atoms with Crippen molar-refractivity contribution in [3.63, 3.8) is 0 Å². The predicted octanol–water partition coefficient (Wildman–Crippen LogP) is 2.12. The molecule has 0 radical (unpaired) electrons. The highest BCUT2D eigenvalue weighted by Crippen LogP contribution is 2.28. The first kappa shape index (κ1) is 15.5. The van der Waals surface area contributed by atoms with Gasteiger partial charge in [-0.2, -0.15) is 0 Å². The molecule has 19 heavy (non-hydrogen) atoms. The average Bonchev–Trinajstić information content (AvgIpc) is 2.43. The Bertz CT molecular complexity index is 380. The molecule has 0 bridgehead atoms. The van der Waals surface area contributed by atoms with E-state index in [9.17, 15) is 0 Å². The first-order valence-corrected chi connectivity index (χ1v) is 6.62. The zero-order valence-electron chi connectivity index (χ0n) is 11.5. The molecule has 4 heteroatoms. The van der Waals surface area contributed by atoms with Gasteiger partial charge in [-0.1, -0.05) is 18.7 Å². The number of hydrogen-bond donors (Lipinski definition) is 2. The van der Waals surface area contributed by atoms with Crippen LogP contribution in [0.2, 0.25) is 0 Å². The molecule has 0 fully saturated rings. The maximum atomic E-state index is 8.71. The van der Waals surface area contributed by atoms with E-state index in [1.807, 2.05) is 25.1 Å². The van der Waals surface area contributed by atoms with E-state index in [2.05, 4.69) is 11.9 Å². The van der Waals surface area contributed by atoms with Crippen LogP contribution in [-0.4, -0.2) is 31.5 Å². The Balaban J connectivity index is 2.63. The first-order chi connectivity index (χ1) is 9.31. The normalized spacial score (nSPS) is 10.2. The SMILES string of the molecule is C=CCOc1ccc(CNCCCO)cc1OCC. The zero-order chi connectivity index (χ0) is 13.9. The zero-order valence-corrected chi connectivity index (χ0v) is 11.5. The van der Waals surface area contributed by atoms with Crippen molar-refractivity contribution in [2.75, 3.05) is 26.4 Å². The van der Waals surface area contributed by atoms with Gasteiger partial charge in [0, 0.05) is 13.2 Å². The molecular weight excluding hydrogens is 242 g/mol. The molecule has 2 N–H and O–H groups in total. The molecule has 0 aliphatic rings. The number of ether oxygens (including phenoxy) is 2. The minimum Gasteiger partial charge on any atom is -0.490 e. The van der Waals surface area contributed by atoms with E-state index >= 15 is 0 Å². The number of nitrogens with one attached hydrogen (secondary N) is 1. The Morgan fingerprint density at radius 2 is 2.16 bits per heavy atom. The molecular formula is C15H23NO3. The molecule has 0 aromatic heterocycles. The largest absolute Gasteiger partial charge is 0.490 e. The van der Waals surface area contributed by atoms with Crippen molar-refractivity contribution in [2.45, 2.75) is 19.9 Å². The van der Waals surface area contributed by atoms with Gasteiger partial charge < -0.3 is 19.9 Å². The summed E-state index contributed by atoms with van der Waals surface area (Å²) in [6.45, 7) is 8.41. The molecule has 0 aliphatic carbocycles. The average molecular weight is 265 g/mol. The van der Waals surface area contributed by atoms with Crippen LogP contribution in [0.3, 0.4) is 0 Å². The third-order valence-corrected chi connectivity index (χ3v) is 2.51. The maximum Gasteiger partial charge on any atom is 0.161 e. The molecule has 0 spiro atoms. The molecule has 1 aromatic rings. The Morgan fingerprint density at radius 1 is 1.32 bits per heavy atom. The van der Waals surface area contributed by atoms with Crippen LogP contribution in [-0.2, 0) is 6.54 Å². The van der Waals surface area contributed by atoms with E-state index in [0.717, 1.165) is 36.6 Å². The summed E-state index contributed by atoms with van der Waals surface area (Å²) in [5, 5.41) is 12.0. The third-order valence-electron chi connectivity index (χ3n) is 2.51. The highest BCUT2D eigenvalue weighted by Gasteiger charge is 2.05. The molecule has 0 unspecified atom stereocenters. The Kier molecular flexibility index (Phi) is 7.70. The number of benzene rings is 1. The number of aliphatic hydroxyl groups excluding tert-OH is 1. The molecule has 1 aromatic carbocycles. The van der Waals surface area contributed by atoms with Crippen molar-refractivity contribution in [3.8, 4) is 11.5 Å². The van der Waals surface area contributed by atoms with Gasteiger partial charge in [-0.15, -0.1) is 0 Å². The number of hydrogen-bond acceptors (Lipinski definition) is 4. The summed E-state index contributed by atoms with van der Waals surface area (Å²) in [5.74, 6) is 1.49. The van der Waals surface area contributed by atoms with Crippen molar-refractivity contribution < 1.29 is 14.6 Å². The number of aliphatic hydroxyl groups is 1. The van der Waals surface area contributed by atoms with E-state index in [4.69, 9.17) is 14.6 Å². The van der Waals surface area contributed by atoms with Crippen LogP contribution >= 0.6 is 0 Å². The Morgan fingerprint density at radius 3 is 2.84 bits per heavy atom. The van der Waals surface area contributed by atoms with Gasteiger partial charge in [-0.3, -0.25) is 0 Å². The minimum absolute atomic E-state index is 0.214. The van der Waals surface area contributed by atoms with Gasteiger partial charge in [0.05, 0.1) is 6.61 Å². The van der Waals surface area contributed by atoms with Gasteiger partial charge in [-0.25, -0.2) is 0 Å². The molecule has 0 heterocycles. The highest BCUT2D eigenvalue weighted by molar-refractivity contribution is 5.43. The van der Waals surface area contributed by atoms with Crippen molar-refractivity contribution in [3.05, 3.63) is 36.4 Å². The van der Waals surface area contributed by atoms with Crippen LogP contribution in [0, 0.1) is 0 Å². The van der Waals surface area contributed by atoms with E-state index < -0.39 is 0 Å². The monoisotopic (exact) mass is 265 g/mol. The topological polar surface area (TPSA) is 50.7 Å². The molecule has 4 nitrogen and oxygen atoms in total. The van der Waals surface area contributed by atoms with E-state index in [-0.39, 0.29) is 6.61 Å². The second-order valence-corrected chi connectivity index (χ2v) is 4.07. The van der Waals surface area contributed by atoms with Crippen molar-refractivity contribution in [1.82, 2.24) is 5.32 Å². The standard InChI is InChI=1S/C15H23NO3/c1-3-10-19-14-7-6-13(11-15(14)18-4-2)12-16-8-5-9-17/h3,6-7,11,16-17H,1,4-5,8-10,12H2,2H3. The van der Waals surface area contributed by atoms with E-state index in [1.165, 1.54) is 0 Å². The Hall–Kier alpha value is -1.52. The molecule has 0 saturated heterocycles. The Labute approximate surface area is 115 Å². The smallest absolute Gasteiger partial charge is 0.161 e. The second kappa shape index (κ2) is 9.42. The second-order valence-electron chi connectivity index (χ2n) is 4.07. The van der Waals surface area contributed by atoms with Crippen molar-refractivity contribution in [2.24, 2.45) is 0 Å². The summed E-state index contributed by atoms with van der Waals surface area (Å²) >= 11 is 0. The summed E-state index contributed by atoms with van der Waals surface area (Å²) in [7, 11) is 0. The summed E-state index contributed by atoms with van der Waals surface area (Å²) in [6, 6.07) is 5.90. The highest BCUT2D eigenvalue weighted by atomic mass is 16.5. The first-order valence-electron chi connectivity index (χ1n) is 6.62. The van der Waals surface area contributed by atoms with E-state index in [0.29, 0.717) is 13.2 Å². The van der Waals surface area contributed by atoms with Crippen LogP contribution in [0.5, 0.6) is 11.5 Å². The summed E-state index contributed by atoms with van der Waals surface area (Å²) in [6.07, 6.45) is 2.47. The van der Waals surface area contributed by atoms with Crippen LogP contribution in [0.25, 0.3) is 0 Å². The summed E-state index contributed by atoms with van der Waals surface area (Å²) in [5.41, 5.74) is 1.13. The van der Waals surface area contributed by atoms with Gasteiger partial charge in [-0.05, 0) is 37.6 Å².